The maximum absolute atomic E-state index is 2.52. The SMILES string of the molecule is Cc1ccc(-c2ccc3c(c2)C(c2ccccc2)(c2ccccc2)c2cc(-c4c5ccccc5c(-c5ccc6ccccc6c5)c5ccccc45)ccc2-3)cc1. The van der Waals surface area contributed by atoms with Crippen LogP contribution in [0.4, 0.5) is 0 Å². The molecule has 10 aromatic carbocycles. The molecule has 56 heavy (non-hydrogen) atoms. The number of rotatable bonds is 5. The third kappa shape index (κ3) is 4.86. The van der Waals surface area contributed by atoms with Crippen LogP contribution in [0.3, 0.4) is 0 Å². The molecule has 0 heteroatoms. The Hall–Kier alpha value is -7.02. The lowest BCUT2D eigenvalue weighted by Gasteiger charge is -2.34. The van der Waals surface area contributed by atoms with Crippen molar-refractivity contribution in [1.29, 1.82) is 0 Å². The Morgan fingerprint density at radius 1 is 0.304 bits per heavy atom. The monoisotopic (exact) mass is 710 g/mol. The van der Waals surface area contributed by atoms with E-state index in [1.807, 2.05) is 0 Å². The van der Waals surface area contributed by atoms with E-state index in [2.05, 4.69) is 219 Å². The second-order valence-corrected chi connectivity index (χ2v) is 15.3. The van der Waals surface area contributed by atoms with Crippen LogP contribution in [0.1, 0.15) is 27.8 Å². The van der Waals surface area contributed by atoms with Crippen LogP contribution in [0.2, 0.25) is 0 Å². The molecule has 0 saturated carbocycles. The Kier molecular flexibility index (Phi) is 7.41. The van der Waals surface area contributed by atoms with Crippen molar-refractivity contribution in [3.05, 3.63) is 240 Å². The van der Waals surface area contributed by atoms with Gasteiger partial charge in [-0.1, -0.05) is 200 Å². The summed E-state index contributed by atoms with van der Waals surface area (Å²) in [5, 5.41) is 7.56. The van der Waals surface area contributed by atoms with E-state index < -0.39 is 5.41 Å². The minimum absolute atomic E-state index is 0.527. The minimum atomic E-state index is -0.527. The van der Waals surface area contributed by atoms with Crippen molar-refractivity contribution in [3.63, 3.8) is 0 Å². The average molecular weight is 711 g/mol. The molecule has 0 aromatic heterocycles. The van der Waals surface area contributed by atoms with Gasteiger partial charge in [0.05, 0.1) is 5.41 Å². The van der Waals surface area contributed by atoms with Crippen LogP contribution in [0.15, 0.2) is 212 Å². The molecule has 10 aromatic rings. The van der Waals surface area contributed by atoms with E-state index in [1.165, 1.54) is 105 Å². The summed E-state index contributed by atoms with van der Waals surface area (Å²) in [4.78, 5) is 0. The first-order valence-electron chi connectivity index (χ1n) is 19.6. The molecular formula is C56H38. The van der Waals surface area contributed by atoms with Crippen LogP contribution in [-0.4, -0.2) is 0 Å². The largest absolute Gasteiger partial charge is 0.0713 e. The summed E-state index contributed by atoms with van der Waals surface area (Å²) in [5.74, 6) is 0. The van der Waals surface area contributed by atoms with Crippen LogP contribution in [0.5, 0.6) is 0 Å². The van der Waals surface area contributed by atoms with Crippen molar-refractivity contribution in [1.82, 2.24) is 0 Å². The molecule has 262 valence electrons. The molecule has 0 unspecified atom stereocenters. The predicted molar refractivity (Wildman–Crippen MR) is 237 cm³/mol. The lowest BCUT2D eigenvalue weighted by atomic mass is 9.67. The highest BCUT2D eigenvalue weighted by Gasteiger charge is 2.46. The molecule has 0 amide bonds. The first kappa shape index (κ1) is 32.4. The van der Waals surface area contributed by atoms with E-state index in [9.17, 15) is 0 Å². The van der Waals surface area contributed by atoms with Crippen molar-refractivity contribution < 1.29 is 0 Å². The topological polar surface area (TPSA) is 0 Å². The maximum atomic E-state index is 2.52. The molecule has 0 bridgehead atoms. The molecule has 0 atom stereocenters. The summed E-state index contributed by atoms with van der Waals surface area (Å²) in [5.41, 5.74) is 16.0. The van der Waals surface area contributed by atoms with Gasteiger partial charge in [-0.05, 0) is 124 Å². The molecule has 0 saturated heterocycles. The van der Waals surface area contributed by atoms with Crippen molar-refractivity contribution in [2.75, 3.05) is 0 Å². The zero-order valence-corrected chi connectivity index (χ0v) is 31.2. The first-order valence-corrected chi connectivity index (χ1v) is 19.6. The molecule has 0 fully saturated rings. The smallest absolute Gasteiger partial charge is 0.0622 e. The van der Waals surface area contributed by atoms with Gasteiger partial charge in [-0.2, -0.15) is 0 Å². The van der Waals surface area contributed by atoms with E-state index in [1.54, 1.807) is 0 Å². The quantitative estimate of drug-likeness (QED) is 0.156. The summed E-state index contributed by atoms with van der Waals surface area (Å²) < 4.78 is 0. The van der Waals surface area contributed by atoms with Crippen molar-refractivity contribution in [3.8, 4) is 44.5 Å². The van der Waals surface area contributed by atoms with E-state index >= 15 is 0 Å². The predicted octanol–water partition coefficient (Wildman–Crippen LogP) is 14.8. The molecule has 0 N–H and O–H groups in total. The van der Waals surface area contributed by atoms with Crippen LogP contribution in [0, 0.1) is 6.92 Å². The van der Waals surface area contributed by atoms with Gasteiger partial charge in [0, 0.05) is 0 Å². The van der Waals surface area contributed by atoms with E-state index in [0.717, 1.165) is 0 Å². The highest BCUT2D eigenvalue weighted by atomic mass is 14.5. The minimum Gasteiger partial charge on any atom is -0.0622 e. The zero-order chi connectivity index (χ0) is 37.2. The Morgan fingerprint density at radius 2 is 0.714 bits per heavy atom. The van der Waals surface area contributed by atoms with Crippen molar-refractivity contribution in [2.45, 2.75) is 12.3 Å². The van der Waals surface area contributed by atoms with Gasteiger partial charge in [0.1, 0.15) is 0 Å². The third-order valence-corrected chi connectivity index (χ3v) is 12.2. The normalized spacial score (nSPS) is 12.9. The molecule has 0 heterocycles. The molecule has 0 radical (unpaired) electrons. The molecule has 1 aliphatic rings. The number of benzene rings is 10. The number of aryl methyl sites for hydroxylation is 1. The van der Waals surface area contributed by atoms with Gasteiger partial charge < -0.3 is 0 Å². The lowest BCUT2D eigenvalue weighted by Crippen LogP contribution is -2.28. The lowest BCUT2D eigenvalue weighted by molar-refractivity contribution is 0.769. The van der Waals surface area contributed by atoms with E-state index in [-0.39, 0.29) is 0 Å². The molecule has 11 rings (SSSR count). The van der Waals surface area contributed by atoms with Gasteiger partial charge in [0.25, 0.3) is 0 Å². The summed E-state index contributed by atoms with van der Waals surface area (Å²) in [7, 11) is 0. The molecule has 0 aliphatic heterocycles. The van der Waals surface area contributed by atoms with Gasteiger partial charge in [0.2, 0.25) is 0 Å². The zero-order valence-electron chi connectivity index (χ0n) is 31.2. The van der Waals surface area contributed by atoms with Gasteiger partial charge in [-0.3, -0.25) is 0 Å². The highest BCUT2D eigenvalue weighted by molar-refractivity contribution is 6.22. The van der Waals surface area contributed by atoms with Crippen LogP contribution in [-0.2, 0) is 5.41 Å². The second kappa shape index (κ2) is 12.8. The fourth-order valence-corrected chi connectivity index (χ4v) is 9.67. The summed E-state index contributed by atoms with van der Waals surface area (Å²) in [6.45, 7) is 2.15. The van der Waals surface area contributed by atoms with Crippen LogP contribution >= 0.6 is 0 Å². The Morgan fingerprint density at radius 3 is 1.27 bits per heavy atom. The molecule has 0 nitrogen and oxygen atoms in total. The maximum Gasteiger partial charge on any atom is 0.0713 e. The van der Waals surface area contributed by atoms with Gasteiger partial charge in [-0.15, -0.1) is 0 Å². The summed E-state index contributed by atoms with van der Waals surface area (Å²) >= 11 is 0. The van der Waals surface area contributed by atoms with E-state index in [0.29, 0.717) is 0 Å². The van der Waals surface area contributed by atoms with Gasteiger partial charge >= 0.3 is 0 Å². The second-order valence-electron chi connectivity index (χ2n) is 15.3. The fraction of sp³-hybridized carbons (Fsp3) is 0.0357. The van der Waals surface area contributed by atoms with Gasteiger partial charge in [-0.25, -0.2) is 0 Å². The molecule has 1 aliphatic carbocycles. The Bertz CT molecular complexity index is 3020. The summed E-state index contributed by atoms with van der Waals surface area (Å²) in [6.07, 6.45) is 0. The third-order valence-electron chi connectivity index (χ3n) is 12.2. The first-order chi connectivity index (χ1) is 27.7. The van der Waals surface area contributed by atoms with Crippen molar-refractivity contribution >= 4 is 32.3 Å². The summed E-state index contributed by atoms with van der Waals surface area (Å²) in [6, 6.07) is 79.2. The highest BCUT2D eigenvalue weighted by Crippen LogP contribution is 2.58. The fourth-order valence-electron chi connectivity index (χ4n) is 9.67. The number of hydrogen-bond acceptors (Lipinski definition) is 0. The average Bonchev–Trinajstić information content (AvgIpc) is 3.56. The van der Waals surface area contributed by atoms with Crippen molar-refractivity contribution in [2.24, 2.45) is 0 Å². The van der Waals surface area contributed by atoms with Crippen LogP contribution < -0.4 is 0 Å². The van der Waals surface area contributed by atoms with Crippen LogP contribution in [0.25, 0.3) is 76.8 Å². The van der Waals surface area contributed by atoms with Gasteiger partial charge in [0.15, 0.2) is 0 Å². The number of fused-ring (bicyclic) bond motifs is 6. The number of hydrogen-bond donors (Lipinski definition) is 0. The molecule has 0 spiro atoms. The Labute approximate surface area is 328 Å². The Balaban J connectivity index is 1.21. The van der Waals surface area contributed by atoms with E-state index in [4.69, 9.17) is 0 Å². The molecular weight excluding hydrogens is 673 g/mol. The standard InChI is InChI=1S/C56H38/c1-37-24-26-39(27-25-37)41-30-32-46-47-33-31-43(36-53(47)56(52(46)35-41,44-16-4-2-5-17-44)45-18-6-3-7-19-45)55-50-22-12-10-20-48(50)54(49-21-11-13-23-51(49)55)42-29-28-38-14-8-9-15-40(38)34-42/h2-36H,1H3.